The number of hydrogen-bond donors (Lipinski definition) is 1. The first-order valence-electron chi connectivity index (χ1n) is 9.39. The van der Waals surface area contributed by atoms with Crippen molar-refractivity contribution in [1.29, 1.82) is 0 Å². The molecule has 0 saturated heterocycles. The molecule has 0 aromatic rings. The number of Topliss-reactive ketones (excluding diaryl/α,β-unsaturated/α-hetero) is 1. The van der Waals surface area contributed by atoms with Gasteiger partial charge < -0.3 is 9.84 Å². The van der Waals surface area contributed by atoms with Gasteiger partial charge in [-0.2, -0.15) is 0 Å². The van der Waals surface area contributed by atoms with Gasteiger partial charge in [0.1, 0.15) is 0 Å². The largest absolute Gasteiger partial charge is 0.481 e. The van der Waals surface area contributed by atoms with E-state index in [0.717, 1.165) is 18.4 Å². The Kier molecular flexibility index (Phi) is 3.99. The summed E-state index contributed by atoms with van der Waals surface area (Å²) in [4.78, 5) is 37.5. The SMILES string of the molecule is CC(=O)O[C@@H]1C(=O)C2=C(CC1(C)C)C[C@@]1(C)CC(C)(C)C[C@@]2(C(=O)O)C1. The highest BCUT2D eigenvalue weighted by atomic mass is 16.5. The van der Waals surface area contributed by atoms with Gasteiger partial charge in [-0.15, -0.1) is 0 Å². The molecule has 0 aromatic carbocycles. The van der Waals surface area contributed by atoms with Crippen molar-refractivity contribution in [2.24, 2.45) is 21.7 Å². The van der Waals surface area contributed by atoms with E-state index in [1.54, 1.807) is 0 Å². The Balaban J connectivity index is 2.20. The molecule has 1 saturated carbocycles. The van der Waals surface area contributed by atoms with Gasteiger partial charge in [-0.25, -0.2) is 0 Å². The lowest BCUT2D eigenvalue weighted by atomic mass is 9.45. The Morgan fingerprint density at radius 2 is 1.65 bits per heavy atom. The molecule has 3 atom stereocenters. The van der Waals surface area contributed by atoms with Gasteiger partial charge in [0.2, 0.25) is 5.78 Å². The molecule has 5 heteroatoms. The summed E-state index contributed by atoms with van der Waals surface area (Å²) in [7, 11) is 0. The molecule has 1 N–H and O–H groups in total. The van der Waals surface area contributed by atoms with Gasteiger partial charge in [-0.1, -0.05) is 40.2 Å². The van der Waals surface area contributed by atoms with Crippen molar-refractivity contribution in [3.63, 3.8) is 0 Å². The topological polar surface area (TPSA) is 80.7 Å². The zero-order valence-electron chi connectivity index (χ0n) is 16.7. The van der Waals surface area contributed by atoms with Crippen LogP contribution in [-0.4, -0.2) is 28.9 Å². The number of esters is 1. The molecule has 0 unspecified atom stereocenters. The minimum Gasteiger partial charge on any atom is -0.481 e. The number of carbonyl (C=O) groups is 3. The van der Waals surface area contributed by atoms with Crippen molar-refractivity contribution in [3.8, 4) is 0 Å². The first-order valence-corrected chi connectivity index (χ1v) is 9.39. The number of carbonyl (C=O) groups excluding carboxylic acids is 2. The highest BCUT2D eigenvalue weighted by molar-refractivity contribution is 6.07. The number of ketones is 1. The predicted molar refractivity (Wildman–Crippen MR) is 96.4 cm³/mol. The molecule has 0 aromatic heterocycles. The Labute approximate surface area is 155 Å². The van der Waals surface area contributed by atoms with Gasteiger partial charge in [-0.3, -0.25) is 14.4 Å². The second kappa shape index (κ2) is 5.43. The Bertz CT molecular complexity index is 729. The minimum atomic E-state index is -1.17. The lowest BCUT2D eigenvalue weighted by molar-refractivity contribution is -0.166. The summed E-state index contributed by atoms with van der Waals surface area (Å²) in [5.41, 5.74) is -0.581. The van der Waals surface area contributed by atoms with Gasteiger partial charge in [-0.05, 0) is 42.9 Å². The summed E-state index contributed by atoms with van der Waals surface area (Å²) in [5, 5.41) is 10.2. The van der Waals surface area contributed by atoms with E-state index in [4.69, 9.17) is 4.74 Å². The summed E-state index contributed by atoms with van der Waals surface area (Å²) in [6, 6.07) is 0. The molecular formula is C21H30O5. The Morgan fingerprint density at radius 3 is 2.19 bits per heavy atom. The van der Waals surface area contributed by atoms with Crippen molar-refractivity contribution >= 4 is 17.7 Å². The van der Waals surface area contributed by atoms with Crippen molar-refractivity contribution in [2.45, 2.75) is 79.8 Å². The first-order chi connectivity index (χ1) is 11.7. The van der Waals surface area contributed by atoms with E-state index in [0.29, 0.717) is 24.8 Å². The Morgan fingerprint density at radius 1 is 1.04 bits per heavy atom. The maximum Gasteiger partial charge on any atom is 0.314 e. The van der Waals surface area contributed by atoms with Crippen LogP contribution in [0.4, 0.5) is 0 Å². The number of fused-ring (bicyclic) bond motifs is 3. The summed E-state index contributed by atoms with van der Waals surface area (Å²) in [6.07, 6.45) is 2.32. The molecule has 144 valence electrons. The van der Waals surface area contributed by atoms with E-state index in [1.165, 1.54) is 6.92 Å². The summed E-state index contributed by atoms with van der Waals surface area (Å²) in [5.74, 6) is -1.72. The third kappa shape index (κ3) is 2.80. The number of rotatable bonds is 2. The minimum absolute atomic E-state index is 0.121. The van der Waals surface area contributed by atoms with E-state index in [1.807, 2.05) is 13.8 Å². The van der Waals surface area contributed by atoms with Crippen LogP contribution in [0.2, 0.25) is 0 Å². The zero-order valence-corrected chi connectivity index (χ0v) is 16.7. The fourth-order valence-corrected chi connectivity index (χ4v) is 6.46. The van der Waals surface area contributed by atoms with E-state index in [-0.39, 0.29) is 16.6 Å². The summed E-state index contributed by atoms with van der Waals surface area (Å²) in [6.45, 7) is 11.5. The number of carboxylic acids is 1. The van der Waals surface area contributed by atoms with Crippen LogP contribution < -0.4 is 0 Å². The quantitative estimate of drug-likeness (QED) is 0.754. The highest BCUT2D eigenvalue weighted by Crippen LogP contribution is 2.65. The van der Waals surface area contributed by atoms with Crippen LogP contribution in [0.15, 0.2) is 11.1 Å². The van der Waals surface area contributed by atoms with Crippen LogP contribution in [0.3, 0.4) is 0 Å². The third-order valence-corrected chi connectivity index (χ3v) is 6.44. The van der Waals surface area contributed by atoms with E-state index >= 15 is 0 Å². The second-order valence-electron chi connectivity index (χ2n) is 10.6. The molecule has 5 nitrogen and oxygen atoms in total. The smallest absolute Gasteiger partial charge is 0.314 e. The molecule has 3 rings (SSSR count). The number of hydrogen-bond acceptors (Lipinski definition) is 4. The first kappa shape index (κ1) is 19.1. The number of ether oxygens (including phenoxy) is 1. The molecule has 0 amide bonds. The molecule has 1 fully saturated rings. The molecule has 3 aliphatic carbocycles. The van der Waals surface area contributed by atoms with Gasteiger partial charge in [0.05, 0.1) is 5.41 Å². The van der Waals surface area contributed by atoms with Crippen molar-refractivity contribution in [3.05, 3.63) is 11.1 Å². The average molecular weight is 362 g/mol. The van der Waals surface area contributed by atoms with Gasteiger partial charge in [0.15, 0.2) is 6.10 Å². The summed E-state index contributed by atoms with van der Waals surface area (Å²) < 4.78 is 5.39. The van der Waals surface area contributed by atoms with Crippen molar-refractivity contribution in [2.75, 3.05) is 0 Å². The van der Waals surface area contributed by atoms with Crippen LogP contribution in [0.1, 0.15) is 73.6 Å². The average Bonchev–Trinajstić information content (AvgIpc) is 2.38. The van der Waals surface area contributed by atoms with E-state index < -0.39 is 28.9 Å². The maximum atomic E-state index is 13.4. The van der Waals surface area contributed by atoms with Crippen molar-refractivity contribution in [1.82, 2.24) is 0 Å². The lowest BCUT2D eigenvalue weighted by Gasteiger charge is -2.58. The third-order valence-electron chi connectivity index (χ3n) is 6.44. The molecule has 3 aliphatic rings. The molecule has 2 bridgehead atoms. The molecule has 26 heavy (non-hydrogen) atoms. The molecule has 0 aliphatic heterocycles. The van der Waals surface area contributed by atoms with Crippen LogP contribution in [0.25, 0.3) is 0 Å². The van der Waals surface area contributed by atoms with Crippen LogP contribution in [0.5, 0.6) is 0 Å². The van der Waals surface area contributed by atoms with Crippen LogP contribution >= 0.6 is 0 Å². The highest BCUT2D eigenvalue weighted by Gasteiger charge is 2.63. The van der Waals surface area contributed by atoms with Crippen molar-refractivity contribution < 1.29 is 24.2 Å². The number of aliphatic carboxylic acids is 1. The van der Waals surface area contributed by atoms with Crippen LogP contribution in [-0.2, 0) is 19.1 Å². The summed E-state index contributed by atoms with van der Waals surface area (Å²) >= 11 is 0. The molecule has 0 radical (unpaired) electrons. The van der Waals surface area contributed by atoms with Gasteiger partial charge in [0.25, 0.3) is 0 Å². The maximum absolute atomic E-state index is 13.4. The van der Waals surface area contributed by atoms with Gasteiger partial charge in [0, 0.05) is 17.9 Å². The second-order valence-corrected chi connectivity index (χ2v) is 10.6. The lowest BCUT2D eigenvalue weighted by Crippen LogP contribution is -2.57. The zero-order chi connectivity index (χ0) is 19.7. The van der Waals surface area contributed by atoms with Gasteiger partial charge >= 0.3 is 11.9 Å². The number of carboxylic acid groups (broad SMARTS) is 1. The normalized spacial score (nSPS) is 37.8. The van der Waals surface area contributed by atoms with E-state index in [9.17, 15) is 19.5 Å². The fraction of sp³-hybridized carbons (Fsp3) is 0.762. The monoisotopic (exact) mass is 362 g/mol. The van der Waals surface area contributed by atoms with Crippen LogP contribution in [0, 0.1) is 21.7 Å². The fourth-order valence-electron chi connectivity index (χ4n) is 6.46. The number of allylic oxidation sites excluding steroid dienone is 1. The molecule has 0 heterocycles. The standard InChI is InChI=1S/C21H30O5/c1-12(22)26-16-15(23)14-13(7-19(16,4)5)8-20(6)9-18(2,3)10-21(14,11-20)17(24)25/h16H,7-11H2,1-6H3,(H,24,25)/t16-,20+,21-/m1/s1. The molecule has 0 spiro atoms. The molecular weight excluding hydrogens is 332 g/mol. The Hall–Kier alpha value is -1.65. The van der Waals surface area contributed by atoms with E-state index in [2.05, 4.69) is 20.8 Å². The predicted octanol–water partition coefficient (Wildman–Crippen LogP) is 3.90.